The number of hydrogen-bond acceptors (Lipinski definition) is 7. The highest BCUT2D eigenvalue weighted by Gasteiger charge is 2.27. The van der Waals surface area contributed by atoms with E-state index in [1.807, 2.05) is 0 Å². The van der Waals surface area contributed by atoms with Crippen LogP contribution in [0.4, 0.5) is 4.79 Å². The Labute approximate surface area is 162 Å². The lowest BCUT2D eigenvalue weighted by molar-refractivity contribution is 0.174. The summed E-state index contributed by atoms with van der Waals surface area (Å²) in [4.78, 5) is 12.1. The average molecular weight is 390 g/mol. The molecule has 1 aliphatic rings. The maximum absolute atomic E-state index is 12.1. The largest absolute Gasteiger partial charge is 0.507 e. The molecule has 2 amide bonds. The molecular formula is C19H22N2O7. The molecule has 1 aliphatic heterocycles. The highest BCUT2D eigenvalue weighted by molar-refractivity contribution is 5.75. The monoisotopic (exact) mass is 390 g/mol. The number of carbonyl (C=O) groups is 1. The van der Waals surface area contributed by atoms with Gasteiger partial charge in [-0.3, -0.25) is 0 Å². The Morgan fingerprint density at radius 3 is 2.18 bits per heavy atom. The Morgan fingerprint density at radius 1 is 1.04 bits per heavy atom. The molecule has 0 aliphatic carbocycles. The van der Waals surface area contributed by atoms with Crippen molar-refractivity contribution < 1.29 is 33.6 Å². The van der Waals surface area contributed by atoms with E-state index in [2.05, 4.69) is 10.6 Å². The van der Waals surface area contributed by atoms with Crippen molar-refractivity contribution in [1.29, 1.82) is 0 Å². The summed E-state index contributed by atoms with van der Waals surface area (Å²) in [6, 6.07) is 5.31. The van der Waals surface area contributed by atoms with E-state index < -0.39 is 12.1 Å². The van der Waals surface area contributed by atoms with Gasteiger partial charge in [0.1, 0.15) is 5.75 Å². The fraction of sp³-hybridized carbons (Fsp3) is 0.316. The second-order valence-corrected chi connectivity index (χ2v) is 5.88. The number of urea groups is 1. The maximum atomic E-state index is 12.1. The molecule has 0 aromatic heterocycles. The third-order valence-electron chi connectivity index (χ3n) is 4.36. The number of phenols is 1. The van der Waals surface area contributed by atoms with Gasteiger partial charge in [0.15, 0.2) is 23.0 Å². The number of rotatable bonds is 6. The fourth-order valence-corrected chi connectivity index (χ4v) is 2.99. The van der Waals surface area contributed by atoms with Gasteiger partial charge in [-0.05, 0) is 23.8 Å². The van der Waals surface area contributed by atoms with E-state index in [1.165, 1.54) is 34.4 Å². The summed E-state index contributed by atoms with van der Waals surface area (Å²) >= 11 is 0. The van der Waals surface area contributed by atoms with Crippen LogP contribution in [0.25, 0.3) is 0 Å². The average Bonchev–Trinajstić information content (AvgIpc) is 3.17. The standard InChI is InChI=1S/C19H22N2O7/c1-20-19(23)21-17(11-7-13-14(8-12(11)22)28-9-27-13)10-5-15(24-2)18(26-4)16(6-10)25-3/h5-8,17,22H,9H2,1-4H3,(H2,20,21,23). The summed E-state index contributed by atoms with van der Waals surface area (Å²) in [5.74, 6) is 2.11. The molecule has 9 nitrogen and oxygen atoms in total. The number of nitrogens with one attached hydrogen (secondary N) is 2. The summed E-state index contributed by atoms with van der Waals surface area (Å²) in [6.07, 6.45) is 0. The lowest BCUT2D eigenvalue weighted by atomic mass is 9.96. The lowest BCUT2D eigenvalue weighted by Gasteiger charge is -2.23. The summed E-state index contributed by atoms with van der Waals surface area (Å²) in [5, 5.41) is 15.9. The van der Waals surface area contributed by atoms with Gasteiger partial charge in [0.25, 0.3) is 0 Å². The van der Waals surface area contributed by atoms with Crippen molar-refractivity contribution in [2.24, 2.45) is 0 Å². The van der Waals surface area contributed by atoms with E-state index in [0.717, 1.165) is 0 Å². The lowest BCUT2D eigenvalue weighted by Crippen LogP contribution is -2.36. The predicted molar refractivity (Wildman–Crippen MR) is 99.8 cm³/mol. The molecule has 0 fully saturated rings. The Bertz CT molecular complexity index is 860. The van der Waals surface area contributed by atoms with Crippen LogP contribution in [0.2, 0.25) is 0 Å². The van der Waals surface area contributed by atoms with Crippen LogP contribution in [-0.2, 0) is 0 Å². The first-order chi connectivity index (χ1) is 13.5. The number of benzene rings is 2. The molecule has 150 valence electrons. The van der Waals surface area contributed by atoms with Gasteiger partial charge in [-0.15, -0.1) is 0 Å². The van der Waals surface area contributed by atoms with Crippen molar-refractivity contribution in [2.45, 2.75) is 6.04 Å². The molecule has 9 heteroatoms. The highest BCUT2D eigenvalue weighted by Crippen LogP contribution is 2.44. The van der Waals surface area contributed by atoms with Gasteiger partial charge in [0.05, 0.1) is 27.4 Å². The van der Waals surface area contributed by atoms with Crippen molar-refractivity contribution in [1.82, 2.24) is 10.6 Å². The van der Waals surface area contributed by atoms with Gasteiger partial charge < -0.3 is 39.4 Å². The van der Waals surface area contributed by atoms with E-state index in [1.54, 1.807) is 18.2 Å². The van der Waals surface area contributed by atoms with Crippen molar-refractivity contribution in [3.05, 3.63) is 35.4 Å². The minimum absolute atomic E-state index is 0.0561. The van der Waals surface area contributed by atoms with Crippen LogP contribution >= 0.6 is 0 Å². The van der Waals surface area contributed by atoms with Crippen molar-refractivity contribution in [3.63, 3.8) is 0 Å². The van der Waals surface area contributed by atoms with E-state index >= 15 is 0 Å². The molecule has 0 saturated heterocycles. The van der Waals surface area contributed by atoms with Crippen molar-refractivity contribution >= 4 is 6.03 Å². The first kappa shape index (κ1) is 19.3. The van der Waals surface area contributed by atoms with Crippen LogP contribution in [0, 0.1) is 0 Å². The predicted octanol–water partition coefficient (Wildman–Crippen LogP) is 2.17. The molecule has 2 aromatic carbocycles. The minimum atomic E-state index is -0.733. The summed E-state index contributed by atoms with van der Waals surface area (Å²) in [6.45, 7) is 0.0654. The number of carbonyl (C=O) groups excluding carboxylic acids is 1. The molecule has 3 N–H and O–H groups in total. The highest BCUT2D eigenvalue weighted by atomic mass is 16.7. The molecule has 1 heterocycles. The number of methoxy groups -OCH3 is 3. The summed E-state index contributed by atoms with van der Waals surface area (Å²) in [5.41, 5.74) is 1.02. The van der Waals surface area contributed by atoms with E-state index in [4.69, 9.17) is 23.7 Å². The van der Waals surface area contributed by atoms with Crippen LogP contribution < -0.4 is 34.3 Å². The van der Waals surface area contributed by atoms with Crippen molar-refractivity contribution in [2.75, 3.05) is 35.2 Å². The third-order valence-corrected chi connectivity index (χ3v) is 4.36. The number of fused-ring (bicyclic) bond motifs is 1. The third kappa shape index (κ3) is 3.51. The van der Waals surface area contributed by atoms with Gasteiger partial charge in [-0.25, -0.2) is 4.79 Å². The Kier molecular flexibility index (Phi) is 5.53. The van der Waals surface area contributed by atoms with Crippen LogP contribution in [-0.4, -0.2) is 46.3 Å². The van der Waals surface area contributed by atoms with E-state index in [0.29, 0.717) is 39.9 Å². The SMILES string of the molecule is CNC(=O)NC(c1cc(OC)c(OC)c(OC)c1)c1cc2c(cc1O)OCO2. The zero-order valence-corrected chi connectivity index (χ0v) is 16.0. The first-order valence-corrected chi connectivity index (χ1v) is 8.43. The molecule has 3 rings (SSSR count). The zero-order valence-electron chi connectivity index (χ0n) is 16.0. The Balaban J connectivity index is 2.15. The smallest absolute Gasteiger partial charge is 0.315 e. The second-order valence-electron chi connectivity index (χ2n) is 5.88. The summed E-state index contributed by atoms with van der Waals surface area (Å²) < 4.78 is 26.8. The Morgan fingerprint density at radius 2 is 1.64 bits per heavy atom. The molecule has 0 saturated carbocycles. The van der Waals surface area contributed by atoms with Gasteiger partial charge in [-0.2, -0.15) is 0 Å². The van der Waals surface area contributed by atoms with E-state index in [9.17, 15) is 9.90 Å². The van der Waals surface area contributed by atoms with Gasteiger partial charge in [-0.1, -0.05) is 0 Å². The topological polar surface area (TPSA) is 108 Å². The normalized spacial score (nSPS) is 12.9. The second kappa shape index (κ2) is 8.03. The zero-order chi connectivity index (χ0) is 20.3. The van der Waals surface area contributed by atoms with Crippen LogP contribution in [0.1, 0.15) is 17.2 Å². The van der Waals surface area contributed by atoms with Gasteiger partial charge >= 0.3 is 6.03 Å². The molecule has 0 spiro atoms. The molecule has 1 atom stereocenters. The quantitative estimate of drug-likeness (QED) is 0.694. The van der Waals surface area contributed by atoms with Crippen LogP contribution in [0.15, 0.2) is 24.3 Å². The molecule has 1 unspecified atom stereocenters. The van der Waals surface area contributed by atoms with Crippen LogP contribution in [0.5, 0.6) is 34.5 Å². The van der Waals surface area contributed by atoms with Gasteiger partial charge in [0.2, 0.25) is 12.5 Å². The molecule has 28 heavy (non-hydrogen) atoms. The van der Waals surface area contributed by atoms with Crippen molar-refractivity contribution in [3.8, 4) is 34.5 Å². The number of ether oxygens (including phenoxy) is 5. The minimum Gasteiger partial charge on any atom is -0.507 e. The molecule has 2 aromatic rings. The Hall–Kier alpha value is -3.49. The molecular weight excluding hydrogens is 368 g/mol. The molecule has 0 bridgehead atoms. The van der Waals surface area contributed by atoms with Gasteiger partial charge in [0, 0.05) is 18.7 Å². The first-order valence-electron chi connectivity index (χ1n) is 8.43. The number of phenolic OH excluding ortho intramolecular Hbond substituents is 1. The number of hydrogen-bond donors (Lipinski definition) is 3. The number of aromatic hydroxyl groups is 1. The maximum Gasteiger partial charge on any atom is 0.315 e. The number of amides is 2. The fourth-order valence-electron chi connectivity index (χ4n) is 2.99. The summed E-state index contributed by atoms with van der Waals surface area (Å²) in [7, 11) is 6.01. The van der Waals surface area contributed by atoms with Crippen LogP contribution in [0.3, 0.4) is 0 Å². The molecule has 0 radical (unpaired) electrons. The van der Waals surface area contributed by atoms with E-state index in [-0.39, 0.29) is 12.5 Å².